The summed E-state index contributed by atoms with van der Waals surface area (Å²) < 4.78 is 16.4. The molecule has 1 aromatic heterocycles. The van der Waals surface area contributed by atoms with Gasteiger partial charge in [0.25, 0.3) is 0 Å². The van der Waals surface area contributed by atoms with Crippen LogP contribution in [0.1, 0.15) is 0 Å². The lowest BCUT2D eigenvalue weighted by Crippen LogP contribution is -2.05. The summed E-state index contributed by atoms with van der Waals surface area (Å²) in [5, 5.41) is 0.706. The van der Waals surface area contributed by atoms with Gasteiger partial charge in [0.1, 0.15) is 10.8 Å². The highest BCUT2D eigenvalue weighted by molar-refractivity contribution is 7.09. The molecule has 2 nitrogen and oxygen atoms in total. The first-order chi connectivity index (χ1) is 6.25. The van der Waals surface area contributed by atoms with Gasteiger partial charge in [-0.05, 0) is 35.8 Å². The highest BCUT2D eigenvalue weighted by Crippen LogP contribution is 2.18. The molecule has 0 aliphatic heterocycles. The number of benzene rings is 1. The Balaban J connectivity index is 2.41. The Morgan fingerprint density at radius 1 is 1.23 bits per heavy atom. The Labute approximate surface area is 80.0 Å². The van der Waals surface area contributed by atoms with Crippen LogP contribution >= 0.6 is 11.5 Å². The van der Waals surface area contributed by atoms with Crippen LogP contribution in [0.2, 0.25) is 0 Å². The number of nitrogens with zero attached hydrogens (tertiary/aromatic N) is 2. The third-order valence-electron chi connectivity index (χ3n) is 1.53. The van der Waals surface area contributed by atoms with Crippen LogP contribution in [0.15, 0.2) is 24.3 Å². The summed E-state index contributed by atoms with van der Waals surface area (Å²) in [6, 6.07) is 6.06. The normalized spacial score (nSPS) is 10.2. The summed E-state index contributed by atoms with van der Waals surface area (Å²) >= 11 is 1.20. The minimum Gasteiger partial charge on any atom is -0.232 e. The third kappa shape index (κ3) is 1.75. The van der Waals surface area contributed by atoms with Gasteiger partial charge in [0.15, 0.2) is 7.85 Å². The van der Waals surface area contributed by atoms with E-state index in [-0.39, 0.29) is 11.5 Å². The van der Waals surface area contributed by atoms with Crippen LogP contribution in [-0.2, 0) is 0 Å². The molecular formula is C8H4BFN2S. The fraction of sp³-hybridized carbons (Fsp3) is 0. The molecule has 0 fully saturated rings. The summed E-state index contributed by atoms with van der Waals surface area (Å²) in [6.07, 6.45) is 0. The van der Waals surface area contributed by atoms with Crippen LogP contribution in [0.25, 0.3) is 10.6 Å². The van der Waals surface area contributed by atoms with E-state index in [4.69, 9.17) is 7.85 Å². The molecule has 0 unspecified atom stereocenters. The standard InChI is InChI=1S/C8H4BFN2S/c9-8-11-7(13-12-8)5-1-3-6(10)4-2-5/h1-4H. The predicted octanol–water partition coefficient (Wildman–Crippen LogP) is 1.14. The monoisotopic (exact) mass is 190 g/mol. The largest absolute Gasteiger partial charge is 0.232 e. The van der Waals surface area contributed by atoms with E-state index < -0.39 is 0 Å². The van der Waals surface area contributed by atoms with Gasteiger partial charge in [-0.15, -0.1) is 0 Å². The molecule has 2 aromatic rings. The Morgan fingerprint density at radius 3 is 2.46 bits per heavy atom. The summed E-state index contributed by atoms with van der Waals surface area (Å²) in [4.78, 5) is 3.97. The third-order valence-corrected chi connectivity index (χ3v) is 2.31. The molecule has 2 radical (unpaired) electrons. The molecular weight excluding hydrogens is 186 g/mol. The van der Waals surface area contributed by atoms with E-state index in [0.29, 0.717) is 5.01 Å². The van der Waals surface area contributed by atoms with E-state index in [2.05, 4.69) is 9.36 Å². The lowest BCUT2D eigenvalue weighted by molar-refractivity contribution is 0.628. The average molecular weight is 190 g/mol. The molecule has 0 N–H and O–H groups in total. The van der Waals surface area contributed by atoms with Crippen molar-refractivity contribution in [1.29, 1.82) is 0 Å². The molecule has 1 heterocycles. The molecule has 2 rings (SSSR count). The van der Waals surface area contributed by atoms with Crippen molar-refractivity contribution in [3.05, 3.63) is 30.1 Å². The second-order valence-electron chi connectivity index (χ2n) is 2.46. The lowest BCUT2D eigenvalue weighted by atomic mass is 10.1. The second kappa shape index (κ2) is 3.26. The molecule has 13 heavy (non-hydrogen) atoms. The fourth-order valence-corrected chi connectivity index (χ4v) is 1.54. The van der Waals surface area contributed by atoms with E-state index in [9.17, 15) is 4.39 Å². The van der Waals surface area contributed by atoms with Gasteiger partial charge in [0.05, 0.1) is 5.72 Å². The van der Waals surface area contributed by atoms with E-state index in [1.165, 1.54) is 23.7 Å². The predicted molar refractivity (Wildman–Crippen MR) is 50.7 cm³/mol. The van der Waals surface area contributed by atoms with Gasteiger partial charge in [-0.2, -0.15) is 4.37 Å². The highest BCUT2D eigenvalue weighted by atomic mass is 32.1. The van der Waals surface area contributed by atoms with Crippen LogP contribution in [0.3, 0.4) is 0 Å². The smallest absolute Gasteiger partial charge is 0.171 e. The lowest BCUT2D eigenvalue weighted by Gasteiger charge is -1.93. The summed E-state index contributed by atoms with van der Waals surface area (Å²) in [5.74, 6) is -0.263. The quantitative estimate of drug-likeness (QED) is 0.630. The van der Waals surface area contributed by atoms with Crippen molar-refractivity contribution in [2.75, 3.05) is 0 Å². The second-order valence-corrected chi connectivity index (χ2v) is 3.22. The van der Waals surface area contributed by atoms with Crippen molar-refractivity contribution in [1.82, 2.24) is 9.36 Å². The maximum absolute atomic E-state index is 12.6. The topological polar surface area (TPSA) is 25.8 Å². The van der Waals surface area contributed by atoms with E-state index in [1.807, 2.05) is 0 Å². The van der Waals surface area contributed by atoms with Crippen molar-refractivity contribution in [3.8, 4) is 10.6 Å². The van der Waals surface area contributed by atoms with Gasteiger partial charge in [0.2, 0.25) is 0 Å². The highest BCUT2D eigenvalue weighted by Gasteiger charge is 2.02. The van der Waals surface area contributed by atoms with E-state index >= 15 is 0 Å². The minimum absolute atomic E-state index is 0.254. The SMILES string of the molecule is [B]c1nsc(-c2ccc(F)cc2)n1. The molecule has 0 spiro atoms. The minimum atomic E-state index is -0.263. The Bertz CT molecular complexity index is 412. The zero-order chi connectivity index (χ0) is 9.26. The van der Waals surface area contributed by atoms with Crippen molar-refractivity contribution < 1.29 is 4.39 Å². The summed E-state index contributed by atoms with van der Waals surface area (Å²) in [7, 11) is 5.36. The van der Waals surface area contributed by atoms with Crippen LogP contribution in [-0.4, -0.2) is 17.2 Å². The molecule has 0 saturated carbocycles. The zero-order valence-corrected chi connectivity index (χ0v) is 7.38. The summed E-state index contributed by atoms with van der Waals surface area (Å²) in [5.41, 5.74) is 1.08. The number of aromatic nitrogens is 2. The van der Waals surface area contributed by atoms with Crippen LogP contribution in [0, 0.1) is 5.82 Å². The Hall–Kier alpha value is -1.23. The van der Waals surface area contributed by atoms with Crippen LogP contribution < -0.4 is 5.72 Å². The first-order valence-electron chi connectivity index (χ1n) is 3.61. The maximum Gasteiger partial charge on any atom is 0.171 e. The molecule has 0 atom stereocenters. The molecule has 0 bridgehead atoms. The number of rotatable bonds is 1. The number of hydrogen-bond acceptors (Lipinski definition) is 3. The fourth-order valence-electron chi connectivity index (χ4n) is 0.945. The molecule has 0 aliphatic rings. The average Bonchev–Trinajstić information content (AvgIpc) is 2.53. The summed E-state index contributed by atoms with van der Waals surface area (Å²) in [6.45, 7) is 0. The zero-order valence-electron chi connectivity index (χ0n) is 6.57. The van der Waals surface area contributed by atoms with Gasteiger partial charge in [0, 0.05) is 5.56 Å². The van der Waals surface area contributed by atoms with E-state index in [0.717, 1.165) is 5.56 Å². The molecule has 0 aliphatic carbocycles. The molecule has 0 amide bonds. The molecule has 62 valence electrons. The Kier molecular flexibility index (Phi) is 2.10. The van der Waals surface area contributed by atoms with Gasteiger partial charge in [-0.1, -0.05) is 0 Å². The van der Waals surface area contributed by atoms with Crippen LogP contribution in [0.5, 0.6) is 0 Å². The van der Waals surface area contributed by atoms with Gasteiger partial charge >= 0.3 is 0 Å². The first-order valence-corrected chi connectivity index (χ1v) is 4.38. The maximum atomic E-state index is 12.6. The van der Waals surface area contributed by atoms with Gasteiger partial charge < -0.3 is 0 Å². The number of halogens is 1. The van der Waals surface area contributed by atoms with Crippen LogP contribution in [0.4, 0.5) is 4.39 Å². The van der Waals surface area contributed by atoms with Gasteiger partial charge in [-0.3, -0.25) is 0 Å². The molecule has 1 aromatic carbocycles. The molecule has 5 heteroatoms. The van der Waals surface area contributed by atoms with Crippen molar-refractivity contribution in [2.24, 2.45) is 0 Å². The van der Waals surface area contributed by atoms with Crippen molar-refractivity contribution in [3.63, 3.8) is 0 Å². The van der Waals surface area contributed by atoms with Crippen molar-refractivity contribution >= 4 is 25.1 Å². The van der Waals surface area contributed by atoms with Gasteiger partial charge in [-0.25, -0.2) is 9.37 Å². The Morgan fingerprint density at radius 2 is 1.92 bits per heavy atom. The molecule has 0 saturated heterocycles. The van der Waals surface area contributed by atoms with E-state index in [1.54, 1.807) is 12.1 Å². The first kappa shape index (κ1) is 8.38. The number of hydrogen-bond donors (Lipinski definition) is 0. The van der Waals surface area contributed by atoms with Crippen molar-refractivity contribution in [2.45, 2.75) is 0 Å².